The Morgan fingerprint density at radius 1 is 1.53 bits per heavy atom. The Bertz CT molecular complexity index is 396. The molecule has 4 nitrogen and oxygen atoms in total. The Hall–Kier alpha value is -1.89. The predicted octanol–water partition coefficient (Wildman–Crippen LogP) is 0.954. The van der Waals surface area contributed by atoms with E-state index in [9.17, 15) is 4.79 Å². The summed E-state index contributed by atoms with van der Waals surface area (Å²) in [5.41, 5.74) is 1.05. The Balaban J connectivity index is 2.02. The molecule has 1 unspecified atom stereocenters. The first kappa shape index (κ1) is 9.66. The van der Waals surface area contributed by atoms with Crippen LogP contribution in [0.3, 0.4) is 0 Å². The van der Waals surface area contributed by atoms with E-state index in [0.29, 0.717) is 19.5 Å². The van der Waals surface area contributed by atoms with Crippen molar-refractivity contribution in [3.8, 4) is 6.07 Å². The van der Waals surface area contributed by atoms with Crippen LogP contribution in [0.5, 0.6) is 0 Å². The SMILES string of the molecule is N#CC1CC(=O)N(Cc2ccncc2)C1. The fourth-order valence-electron chi connectivity index (χ4n) is 1.72. The molecule has 0 spiro atoms. The number of hydrogen-bond donors (Lipinski definition) is 0. The summed E-state index contributed by atoms with van der Waals surface area (Å²) < 4.78 is 0. The molecule has 1 aliphatic rings. The third-order valence-corrected chi connectivity index (χ3v) is 2.52. The lowest BCUT2D eigenvalue weighted by Gasteiger charge is -2.15. The van der Waals surface area contributed by atoms with Crippen LogP contribution < -0.4 is 0 Å². The molecular weight excluding hydrogens is 190 g/mol. The van der Waals surface area contributed by atoms with Crippen molar-refractivity contribution in [2.45, 2.75) is 13.0 Å². The summed E-state index contributed by atoms with van der Waals surface area (Å²) in [5, 5.41) is 8.73. The van der Waals surface area contributed by atoms with Crippen LogP contribution in [0.15, 0.2) is 24.5 Å². The summed E-state index contributed by atoms with van der Waals surface area (Å²) in [6.07, 6.45) is 3.77. The number of carbonyl (C=O) groups excluding carboxylic acids is 1. The smallest absolute Gasteiger partial charge is 0.224 e. The van der Waals surface area contributed by atoms with E-state index in [1.165, 1.54) is 0 Å². The maximum absolute atomic E-state index is 11.5. The average Bonchev–Trinajstić information content (AvgIpc) is 2.61. The van der Waals surface area contributed by atoms with Crippen LogP contribution in [0.2, 0.25) is 0 Å². The molecule has 1 fully saturated rings. The Morgan fingerprint density at radius 3 is 2.87 bits per heavy atom. The van der Waals surface area contributed by atoms with Crippen molar-refractivity contribution in [1.82, 2.24) is 9.88 Å². The first-order valence-corrected chi connectivity index (χ1v) is 4.86. The molecule has 0 saturated carbocycles. The highest BCUT2D eigenvalue weighted by Crippen LogP contribution is 2.18. The van der Waals surface area contributed by atoms with Gasteiger partial charge in [-0.1, -0.05) is 0 Å². The van der Waals surface area contributed by atoms with E-state index < -0.39 is 0 Å². The van der Waals surface area contributed by atoms with Gasteiger partial charge < -0.3 is 4.90 Å². The molecule has 2 heterocycles. The second-order valence-electron chi connectivity index (χ2n) is 3.66. The van der Waals surface area contributed by atoms with E-state index in [-0.39, 0.29) is 11.8 Å². The number of nitrogens with zero attached hydrogens (tertiary/aromatic N) is 3. The first-order chi connectivity index (χ1) is 7.29. The van der Waals surface area contributed by atoms with Gasteiger partial charge in [0.15, 0.2) is 0 Å². The normalized spacial score (nSPS) is 20.3. The summed E-state index contributed by atoms with van der Waals surface area (Å²) in [7, 11) is 0. The van der Waals surface area contributed by atoms with Crippen molar-refractivity contribution in [3.05, 3.63) is 30.1 Å². The van der Waals surface area contributed by atoms with Gasteiger partial charge in [-0.2, -0.15) is 5.26 Å². The van der Waals surface area contributed by atoms with Crippen molar-refractivity contribution in [2.24, 2.45) is 5.92 Å². The summed E-state index contributed by atoms with van der Waals surface area (Å²) in [6, 6.07) is 5.90. The zero-order chi connectivity index (χ0) is 10.7. The van der Waals surface area contributed by atoms with Crippen LogP contribution in [-0.2, 0) is 11.3 Å². The Morgan fingerprint density at radius 2 is 2.27 bits per heavy atom. The second kappa shape index (κ2) is 4.09. The van der Waals surface area contributed by atoms with Crippen LogP contribution in [0.4, 0.5) is 0 Å². The molecule has 1 aromatic rings. The van der Waals surface area contributed by atoms with Gasteiger partial charge >= 0.3 is 0 Å². The summed E-state index contributed by atoms with van der Waals surface area (Å²) in [6.45, 7) is 1.14. The van der Waals surface area contributed by atoms with Crippen molar-refractivity contribution < 1.29 is 4.79 Å². The molecule has 0 aliphatic carbocycles. The van der Waals surface area contributed by atoms with Crippen molar-refractivity contribution in [3.63, 3.8) is 0 Å². The van der Waals surface area contributed by atoms with E-state index in [2.05, 4.69) is 11.1 Å². The fourth-order valence-corrected chi connectivity index (χ4v) is 1.72. The zero-order valence-electron chi connectivity index (χ0n) is 8.26. The van der Waals surface area contributed by atoms with Gasteiger partial charge in [-0.3, -0.25) is 9.78 Å². The lowest BCUT2D eigenvalue weighted by molar-refractivity contribution is -0.128. The van der Waals surface area contributed by atoms with Crippen LogP contribution >= 0.6 is 0 Å². The first-order valence-electron chi connectivity index (χ1n) is 4.86. The van der Waals surface area contributed by atoms with Gasteiger partial charge in [-0.05, 0) is 17.7 Å². The van der Waals surface area contributed by atoms with E-state index in [1.807, 2.05) is 12.1 Å². The monoisotopic (exact) mass is 201 g/mol. The van der Waals surface area contributed by atoms with Crippen molar-refractivity contribution in [2.75, 3.05) is 6.54 Å². The average molecular weight is 201 g/mol. The maximum Gasteiger partial charge on any atom is 0.224 e. The number of likely N-dealkylation sites (tertiary alicyclic amines) is 1. The number of pyridine rings is 1. The van der Waals surface area contributed by atoms with Gasteiger partial charge in [0.2, 0.25) is 5.91 Å². The van der Waals surface area contributed by atoms with Crippen LogP contribution in [0.25, 0.3) is 0 Å². The van der Waals surface area contributed by atoms with Crippen LogP contribution in [0, 0.1) is 17.2 Å². The molecular formula is C11H11N3O. The molecule has 1 aromatic heterocycles. The third-order valence-electron chi connectivity index (χ3n) is 2.52. The summed E-state index contributed by atoms with van der Waals surface area (Å²) in [5.74, 6) is -0.0716. The molecule has 4 heteroatoms. The highest BCUT2D eigenvalue weighted by atomic mass is 16.2. The number of nitriles is 1. The number of rotatable bonds is 2. The lowest BCUT2D eigenvalue weighted by atomic mass is 10.1. The third kappa shape index (κ3) is 2.13. The van der Waals surface area contributed by atoms with E-state index in [0.717, 1.165) is 5.56 Å². The quantitative estimate of drug-likeness (QED) is 0.715. The molecule has 15 heavy (non-hydrogen) atoms. The molecule has 1 amide bonds. The number of carbonyl (C=O) groups is 1. The van der Waals surface area contributed by atoms with Crippen molar-refractivity contribution in [1.29, 1.82) is 5.26 Å². The minimum atomic E-state index is -0.140. The van der Waals surface area contributed by atoms with E-state index in [4.69, 9.17) is 5.26 Å². The van der Waals surface area contributed by atoms with Gasteiger partial charge in [-0.15, -0.1) is 0 Å². The maximum atomic E-state index is 11.5. The molecule has 0 aromatic carbocycles. The summed E-state index contributed by atoms with van der Waals surface area (Å²) in [4.78, 5) is 17.1. The molecule has 0 N–H and O–H groups in total. The number of aromatic nitrogens is 1. The van der Waals surface area contributed by atoms with Gasteiger partial charge in [0.1, 0.15) is 0 Å². The highest BCUT2D eigenvalue weighted by molar-refractivity contribution is 5.79. The molecule has 76 valence electrons. The Kier molecular flexibility index (Phi) is 2.64. The molecule has 1 aliphatic heterocycles. The molecule has 2 rings (SSSR count). The lowest BCUT2D eigenvalue weighted by Crippen LogP contribution is -2.24. The van der Waals surface area contributed by atoms with Crippen LogP contribution in [-0.4, -0.2) is 22.3 Å². The highest BCUT2D eigenvalue weighted by Gasteiger charge is 2.29. The Labute approximate surface area is 88.1 Å². The van der Waals surface area contributed by atoms with E-state index in [1.54, 1.807) is 17.3 Å². The molecule has 1 atom stereocenters. The minimum absolute atomic E-state index is 0.0679. The van der Waals surface area contributed by atoms with Gasteiger partial charge in [0, 0.05) is 31.9 Å². The van der Waals surface area contributed by atoms with Crippen LogP contribution in [0.1, 0.15) is 12.0 Å². The van der Waals surface area contributed by atoms with Gasteiger partial charge in [0.25, 0.3) is 0 Å². The minimum Gasteiger partial charge on any atom is -0.337 e. The molecule has 1 saturated heterocycles. The van der Waals surface area contributed by atoms with Gasteiger partial charge in [-0.25, -0.2) is 0 Å². The fraction of sp³-hybridized carbons (Fsp3) is 0.364. The number of amides is 1. The van der Waals surface area contributed by atoms with E-state index >= 15 is 0 Å². The summed E-state index contributed by atoms with van der Waals surface area (Å²) >= 11 is 0. The predicted molar refractivity (Wildman–Crippen MR) is 53.4 cm³/mol. The molecule has 0 radical (unpaired) electrons. The standard InChI is InChI=1S/C11H11N3O/c12-6-10-5-11(15)14(8-10)7-9-1-3-13-4-2-9/h1-4,10H,5,7-8H2. The van der Waals surface area contributed by atoms with Gasteiger partial charge in [0.05, 0.1) is 12.0 Å². The topological polar surface area (TPSA) is 57.0 Å². The number of hydrogen-bond acceptors (Lipinski definition) is 3. The van der Waals surface area contributed by atoms with Crippen molar-refractivity contribution >= 4 is 5.91 Å². The largest absolute Gasteiger partial charge is 0.337 e. The zero-order valence-corrected chi connectivity index (χ0v) is 8.26. The second-order valence-corrected chi connectivity index (χ2v) is 3.66. The molecule has 0 bridgehead atoms.